The van der Waals surface area contributed by atoms with E-state index in [9.17, 15) is 14.4 Å². The summed E-state index contributed by atoms with van der Waals surface area (Å²) in [7, 11) is 0. The van der Waals surface area contributed by atoms with Gasteiger partial charge in [0.15, 0.2) is 0 Å². The van der Waals surface area contributed by atoms with Crippen LogP contribution in [0.25, 0.3) is 11.1 Å². The molecule has 0 bridgehead atoms. The number of carboxylic acid groups (broad SMARTS) is 1. The average Bonchev–Trinajstić information content (AvgIpc) is 3.28. The molecule has 198 valence electrons. The van der Waals surface area contributed by atoms with Crippen molar-refractivity contribution < 1.29 is 19.2 Å². The first-order valence-corrected chi connectivity index (χ1v) is 13.0. The van der Waals surface area contributed by atoms with E-state index in [2.05, 4.69) is 26.4 Å². The third kappa shape index (κ3) is 5.94. The third-order valence-corrected chi connectivity index (χ3v) is 6.77. The minimum absolute atomic E-state index is 0.119. The normalized spacial score (nSPS) is 11.9. The van der Waals surface area contributed by atoms with Crippen molar-refractivity contribution in [2.45, 2.75) is 39.3 Å². The number of hydrogen-bond donors (Lipinski definition) is 2. The SMILES string of the molecule is CCC(c1nc2onc(C)c2c(=O)n1Cc1ccccc1)N(CCCNC(=O)O)C(=O)c1ccc(Br)cc1. The smallest absolute Gasteiger partial charge is 0.404 e. The highest BCUT2D eigenvalue weighted by Gasteiger charge is 2.30. The van der Waals surface area contributed by atoms with E-state index in [1.54, 1.807) is 40.7 Å². The van der Waals surface area contributed by atoms with Crippen molar-refractivity contribution >= 4 is 39.0 Å². The Labute approximate surface area is 227 Å². The van der Waals surface area contributed by atoms with Crippen LogP contribution in [0.3, 0.4) is 0 Å². The molecule has 1 atom stereocenters. The molecule has 1 unspecified atom stereocenters. The quantitative estimate of drug-likeness (QED) is 0.258. The van der Waals surface area contributed by atoms with E-state index in [1.807, 2.05) is 37.3 Å². The van der Waals surface area contributed by atoms with E-state index in [1.165, 1.54) is 0 Å². The zero-order valence-corrected chi connectivity index (χ0v) is 22.6. The standard InChI is InChI=1S/C27H28BrN5O5/c1-3-21(32(15-7-14-29-27(36)37)25(34)19-10-12-20(28)13-11-19)23-30-24-22(17(2)31-38-24)26(35)33(23)16-18-8-5-4-6-9-18/h4-6,8-13,21,29H,3,7,14-16H2,1-2H3,(H,36,37). The Morgan fingerprint density at radius 1 is 1.16 bits per heavy atom. The molecule has 0 aliphatic carbocycles. The molecule has 4 rings (SSSR count). The molecule has 0 aliphatic rings. The number of carbonyl (C=O) groups excluding carboxylic acids is 1. The van der Waals surface area contributed by atoms with Gasteiger partial charge in [-0.3, -0.25) is 14.2 Å². The molecule has 0 saturated heterocycles. The molecule has 2 aromatic carbocycles. The maximum Gasteiger partial charge on any atom is 0.404 e. The van der Waals surface area contributed by atoms with Crippen LogP contribution in [-0.4, -0.2) is 49.8 Å². The minimum atomic E-state index is -1.13. The van der Waals surface area contributed by atoms with E-state index in [-0.39, 0.29) is 36.8 Å². The van der Waals surface area contributed by atoms with E-state index in [4.69, 9.17) is 14.6 Å². The molecular weight excluding hydrogens is 554 g/mol. The number of aromatic nitrogens is 3. The summed E-state index contributed by atoms with van der Waals surface area (Å²) in [6.45, 7) is 4.26. The van der Waals surface area contributed by atoms with Crippen LogP contribution < -0.4 is 10.9 Å². The van der Waals surface area contributed by atoms with Crippen molar-refractivity contribution in [3.05, 3.63) is 92.1 Å². The van der Waals surface area contributed by atoms with Crippen LogP contribution in [0.1, 0.15) is 53.2 Å². The number of fused-ring (bicyclic) bond motifs is 1. The lowest BCUT2D eigenvalue weighted by atomic mass is 10.1. The van der Waals surface area contributed by atoms with Gasteiger partial charge in [-0.25, -0.2) is 4.79 Å². The van der Waals surface area contributed by atoms with Gasteiger partial charge >= 0.3 is 6.09 Å². The summed E-state index contributed by atoms with van der Waals surface area (Å²) in [6.07, 6.45) is -0.307. The molecule has 10 nitrogen and oxygen atoms in total. The minimum Gasteiger partial charge on any atom is -0.465 e. The van der Waals surface area contributed by atoms with Crippen LogP contribution in [-0.2, 0) is 6.54 Å². The Morgan fingerprint density at radius 3 is 2.53 bits per heavy atom. The Hall–Kier alpha value is -3.99. The zero-order chi connectivity index (χ0) is 27.2. The number of rotatable bonds is 10. The summed E-state index contributed by atoms with van der Waals surface area (Å²) in [5.74, 6) is 0.121. The second kappa shape index (κ2) is 12.0. The predicted octanol–water partition coefficient (Wildman–Crippen LogP) is 4.75. The van der Waals surface area contributed by atoms with Gasteiger partial charge in [0.2, 0.25) is 0 Å². The molecule has 0 aliphatic heterocycles. The number of hydrogen-bond acceptors (Lipinski definition) is 6. The molecule has 0 radical (unpaired) electrons. The monoisotopic (exact) mass is 581 g/mol. The first-order chi connectivity index (χ1) is 18.3. The number of halogens is 1. The van der Waals surface area contributed by atoms with Gasteiger partial charge in [0.05, 0.1) is 18.3 Å². The molecule has 11 heteroatoms. The van der Waals surface area contributed by atoms with Crippen molar-refractivity contribution in [1.29, 1.82) is 0 Å². The zero-order valence-electron chi connectivity index (χ0n) is 21.1. The molecule has 0 saturated carbocycles. The molecule has 4 aromatic rings. The van der Waals surface area contributed by atoms with Crippen LogP contribution in [0.2, 0.25) is 0 Å². The maximum absolute atomic E-state index is 13.8. The van der Waals surface area contributed by atoms with E-state index < -0.39 is 12.1 Å². The van der Waals surface area contributed by atoms with E-state index in [0.717, 1.165) is 10.0 Å². The Bertz CT molecular complexity index is 1480. The van der Waals surface area contributed by atoms with Crippen LogP contribution >= 0.6 is 15.9 Å². The fourth-order valence-electron chi connectivity index (χ4n) is 4.40. The van der Waals surface area contributed by atoms with Gasteiger partial charge in [0.1, 0.15) is 11.2 Å². The van der Waals surface area contributed by atoms with Crippen molar-refractivity contribution in [3.8, 4) is 0 Å². The fraction of sp³-hybridized carbons (Fsp3) is 0.296. The summed E-state index contributed by atoms with van der Waals surface area (Å²) in [4.78, 5) is 44.9. The van der Waals surface area contributed by atoms with Gasteiger partial charge in [-0.15, -0.1) is 0 Å². The predicted molar refractivity (Wildman–Crippen MR) is 145 cm³/mol. The summed E-state index contributed by atoms with van der Waals surface area (Å²) >= 11 is 3.40. The lowest BCUT2D eigenvalue weighted by Gasteiger charge is -2.32. The first-order valence-electron chi connectivity index (χ1n) is 12.2. The van der Waals surface area contributed by atoms with E-state index in [0.29, 0.717) is 35.3 Å². The molecular formula is C27H28BrN5O5. The Kier molecular flexibility index (Phi) is 8.57. The number of benzene rings is 2. The highest BCUT2D eigenvalue weighted by Crippen LogP contribution is 2.27. The second-order valence-corrected chi connectivity index (χ2v) is 9.73. The van der Waals surface area contributed by atoms with Gasteiger partial charge in [-0.1, -0.05) is 58.3 Å². The molecule has 2 amide bonds. The molecule has 0 spiro atoms. The number of nitrogens with zero attached hydrogens (tertiary/aromatic N) is 4. The van der Waals surface area contributed by atoms with Crippen LogP contribution in [0.4, 0.5) is 4.79 Å². The summed E-state index contributed by atoms with van der Waals surface area (Å²) < 4.78 is 7.79. The van der Waals surface area contributed by atoms with Crippen LogP contribution in [0.15, 0.2) is 68.4 Å². The highest BCUT2D eigenvalue weighted by molar-refractivity contribution is 9.10. The van der Waals surface area contributed by atoms with Gasteiger partial charge in [0, 0.05) is 23.1 Å². The third-order valence-electron chi connectivity index (χ3n) is 6.24. The first kappa shape index (κ1) is 27.1. The second-order valence-electron chi connectivity index (χ2n) is 8.81. The van der Waals surface area contributed by atoms with Crippen molar-refractivity contribution in [2.24, 2.45) is 0 Å². The number of aryl methyl sites for hydroxylation is 1. The lowest BCUT2D eigenvalue weighted by Crippen LogP contribution is -2.40. The number of carbonyl (C=O) groups is 2. The fourth-order valence-corrected chi connectivity index (χ4v) is 4.67. The lowest BCUT2D eigenvalue weighted by molar-refractivity contribution is 0.0654. The molecule has 2 N–H and O–H groups in total. The molecule has 2 heterocycles. The summed E-state index contributed by atoms with van der Waals surface area (Å²) in [5.41, 5.74) is 1.63. The number of amides is 2. The van der Waals surface area contributed by atoms with Gasteiger partial charge < -0.3 is 19.8 Å². The largest absolute Gasteiger partial charge is 0.465 e. The maximum atomic E-state index is 13.8. The molecule has 38 heavy (non-hydrogen) atoms. The average molecular weight is 582 g/mol. The van der Waals surface area contributed by atoms with Crippen molar-refractivity contribution in [3.63, 3.8) is 0 Å². The van der Waals surface area contributed by atoms with Crippen LogP contribution in [0.5, 0.6) is 0 Å². The van der Waals surface area contributed by atoms with Gasteiger partial charge in [-0.2, -0.15) is 4.98 Å². The summed E-state index contributed by atoms with van der Waals surface area (Å²) in [6, 6.07) is 15.9. The Morgan fingerprint density at radius 2 is 1.87 bits per heavy atom. The van der Waals surface area contributed by atoms with Crippen molar-refractivity contribution in [2.75, 3.05) is 13.1 Å². The van der Waals surface area contributed by atoms with E-state index >= 15 is 0 Å². The van der Waals surface area contributed by atoms with Gasteiger partial charge in [-0.05, 0) is 49.6 Å². The van der Waals surface area contributed by atoms with Crippen molar-refractivity contribution in [1.82, 2.24) is 24.9 Å². The Balaban J connectivity index is 1.82. The molecule has 0 fully saturated rings. The topological polar surface area (TPSA) is 131 Å². The number of nitrogens with one attached hydrogen (secondary N) is 1. The van der Waals surface area contributed by atoms with Gasteiger partial charge in [0.25, 0.3) is 17.2 Å². The van der Waals surface area contributed by atoms with Crippen LogP contribution in [0, 0.1) is 6.92 Å². The highest BCUT2D eigenvalue weighted by atomic mass is 79.9. The summed E-state index contributed by atoms with van der Waals surface area (Å²) in [5, 5.41) is 15.6. The molecule has 2 aromatic heterocycles.